The molecule has 21 heavy (non-hydrogen) atoms. The number of piperazine rings is 1. The van der Waals surface area contributed by atoms with Gasteiger partial charge in [0.25, 0.3) is 0 Å². The van der Waals surface area contributed by atoms with Crippen LogP contribution in [0.2, 0.25) is 0 Å². The first kappa shape index (κ1) is 12.5. The minimum absolute atomic E-state index is 0.867. The van der Waals surface area contributed by atoms with Crippen LogP contribution in [-0.2, 0) is 7.05 Å². The Morgan fingerprint density at radius 1 is 1.05 bits per heavy atom. The van der Waals surface area contributed by atoms with Gasteiger partial charge in [0.1, 0.15) is 12.1 Å². The SMILES string of the molecule is Cn1ncc2c(N3CCN(c4cnsn4)CC3)ncnc21. The number of rotatable bonds is 2. The van der Waals surface area contributed by atoms with E-state index in [1.54, 1.807) is 11.0 Å². The molecule has 3 aromatic rings. The van der Waals surface area contributed by atoms with Crippen molar-refractivity contribution in [2.75, 3.05) is 36.0 Å². The Hall–Kier alpha value is -2.29. The minimum Gasteiger partial charge on any atom is -0.352 e. The quantitative estimate of drug-likeness (QED) is 0.684. The van der Waals surface area contributed by atoms with Crippen LogP contribution >= 0.6 is 11.7 Å². The van der Waals surface area contributed by atoms with Gasteiger partial charge < -0.3 is 9.80 Å². The molecule has 4 heterocycles. The van der Waals surface area contributed by atoms with Crippen LogP contribution in [0, 0.1) is 0 Å². The molecule has 0 bridgehead atoms. The maximum atomic E-state index is 4.45. The van der Waals surface area contributed by atoms with Crippen molar-refractivity contribution in [1.29, 1.82) is 0 Å². The average Bonchev–Trinajstić information content (AvgIpc) is 3.18. The zero-order valence-electron chi connectivity index (χ0n) is 11.5. The van der Waals surface area contributed by atoms with Crippen LogP contribution in [0.3, 0.4) is 0 Å². The van der Waals surface area contributed by atoms with E-state index in [0.29, 0.717) is 0 Å². The third-order valence-corrected chi connectivity index (χ3v) is 4.23. The predicted molar refractivity (Wildman–Crippen MR) is 80.6 cm³/mol. The molecule has 0 amide bonds. The van der Waals surface area contributed by atoms with Crippen LogP contribution in [0.4, 0.5) is 11.6 Å². The zero-order valence-corrected chi connectivity index (χ0v) is 12.4. The maximum Gasteiger partial charge on any atom is 0.163 e. The molecule has 108 valence electrons. The number of hydrogen-bond donors (Lipinski definition) is 0. The molecule has 0 radical (unpaired) electrons. The minimum atomic E-state index is 0.867. The van der Waals surface area contributed by atoms with E-state index in [-0.39, 0.29) is 0 Å². The van der Waals surface area contributed by atoms with Crippen molar-refractivity contribution >= 4 is 34.4 Å². The Morgan fingerprint density at radius 3 is 2.62 bits per heavy atom. The van der Waals surface area contributed by atoms with Crippen LogP contribution in [0.5, 0.6) is 0 Å². The van der Waals surface area contributed by atoms with Crippen molar-refractivity contribution in [3.63, 3.8) is 0 Å². The summed E-state index contributed by atoms with van der Waals surface area (Å²) in [4.78, 5) is 13.3. The van der Waals surface area contributed by atoms with E-state index >= 15 is 0 Å². The fourth-order valence-corrected chi connectivity index (χ4v) is 3.08. The van der Waals surface area contributed by atoms with Gasteiger partial charge in [-0.2, -0.15) is 13.8 Å². The van der Waals surface area contributed by atoms with E-state index in [2.05, 4.69) is 33.6 Å². The van der Waals surface area contributed by atoms with Crippen LogP contribution < -0.4 is 9.80 Å². The third kappa shape index (κ3) is 2.09. The van der Waals surface area contributed by atoms with Crippen LogP contribution in [0.15, 0.2) is 18.7 Å². The van der Waals surface area contributed by atoms with E-state index in [9.17, 15) is 0 Å². The lowest BCUT2D eigenvalue weighted by molar-refractivity contribution is 0.644. The van der Waals surface area contributed by atoms with Gasteiger partial charge in [0.2, 0.25) is 0 Å². The zero-order chi connectivity index (χ0) is 14.2. The highest BCUT2D eigenvalue weighted by atomic mass is 32.1. The summed E-state index contributed by atoms with van der Waals surface area (Å²) in [6.45, 7) is 3.63. The van der Waals surface area contributed by atoms with Crippen LogP contribution in [-0.4, -0.2) is 54.7 Å². The second-order valence-corrected chi connectivity index (χ2v) is 5.50. The van der Waals surface area contributed by atoms with Crippen molar-refractivity contribution in [2.45, 2.75) is 0 Å². The summed E-state index contributed by atoms with van der Waals surface area (Å²) in [5, 5.41) is 5.27. The molecule has 9 heteroatoms. The normalized spacial score (nSPS) is 15.9. The predicted octanol–water partition coefficient (Wildman–Crippen LogP) is 0.541. The van der Waals surface area contributed by atoms with Gasteiger partial charge in [-0.05, 0) is 0 Å². The lowest BCUT2D eigenvalue weighted by atomic mass is 10.3. The standard InChI is InChI=1S/C12H14N8S/c1-18-11-9(6-15-18)12(14-8-13-11)20-4-2-19(3-5-20)10-7-16-21-17-10/h6-8H,2-5H2,1H3. The Balaban J connectivity index is 1.58. The molecule has 1 fully saturated rings. The summed E-state index contributed by atoms with van der Waals surface area (Å²) in [7, 11) is 1.90. The van der Waals surface area contributed by atoms with Gasteiger partial charge in [-0.3, -0.25) is 4.68 Å². The number of aryl methyl sites for hydroxylation is 1. The molecule has 0 atom stereocenters. The van der Waals surface area contributed by atoms with Gasteiger partial charge >= 0.3 is 0 Å². The molecular weight excluding hydrogens is 288 g/mol. The molecule has 0 N–H and O–H groups in total. The van der Waals surface area contributed by atoms with Crippen molar-refractivity contribution in [2.24, 2.45) is 7.05 Å². The Kier molecular flexibility index (Phi) is 2.92. The first-order valence-electron chi connectivity index (χ1n) is 6.73. The lowest BCUT2D eigenvalue weighted by Gasteiger charge is -2.35. The van der Waals surface area contributed by atoms with E-state index in [4.69, 9.17) is 0 Å². The van der Waals surface area contributed by atoms with Crippen LogP contribution in [0.25, 0.3) is 11.0 Å². The first-order valence-corrected chi connectivity index (χ1v) is 7.46. The number of aromatic nitrogens is 6. The summed E-state index contributed by atoms with van der Waals surface area (Å²) < 4.78 is 10.1. The van der Waals surface area contributed by atoms with Crippen molar-refractivity contribution < 1.29 is 0 Å². The third-order valence-electron chi connectivity index (χ3n) is 3.76. The number of anilines is 2. The molecule has 0 aliphatic carbocycles. The van der Waals surface area contributed by atoms with Crippen molar-refractivity contribution in [3.8, 4) is 0 Å². The smallest absolute Gasteiger partial charge is 0.163 e. The molecule has 4 rings (SSSR count). The summed E-state index contributed by atoms with van der Waals surface area (Å²) >= 11 is 1.25. The fraction of sp³-hybridized carbons (Fsp3) is 0.417. The summed E-state index contributed by atoms with van der Waals surface area (Å²) in [6.07, 6.45) is 5.27. The molecule has 3 aromatic heterocycles. The average molecular weight is 302 g/mol. The molecule has 0 saturated carbocycles. The Morgan fingerprint density at radius 2 is 1.86 bits per heavy atom. The highest BCUT2D eigenvalue weighted by Crippen LogP contribution is 2.24. The van der Waals surface area contributed by atoms with Gasteiger partial charge in [0.15, 0.2) is 11.5 Å². The second-order valence-electron chi connectivity index (χ2n) is 4.94. The van der Waals surface area contributed by atoms with E-state index < -0.39 is 0 Å². The largest absolute Gasteiger partial charge is 0.352 e. The topological polar surface area (TPSA) is 75.9 Å². The van der Waals surface area contributed by atoms with Crippen molar-refractivity contribution in [3.05, 3.63) is 18.7 Å². The molecule has 8 nitrogen and oxygen atoms in total. The van der Waals surface area contributed by atoms with Gasteiger partial charge in [0.05, 0.1) is 29.5 Å². The molecule has 0 aromatic carbocycles. The lowest BCUT2D eigenvalue weighted by Crippen LogP contribution is -2.47. The van der Waals surface area contributed by atoms with Crippen LogP contribution in [0.1, 0.15) is 0 Å². The fourth-order valence-electron chi connectivity index (χ4n) is 2.65. The number of fused-ring (bicyclic) bond motifs is 1. The van der Waals surface area contributed by atoms with Gasteiger partial charge in [-0.15, -0.1) is 0 Å². The molecular formula is C12H14N8S. The Bertz CT molecular complexity index is 744. The van der Waals surface area contributed by atoms with Gasteiger partial charge in [0, 0.05) is 33.2 Å². The monoisotopic (exact) mass is 302 g/mol. The molecule has 0 unspecified atom stereocenters. The van der Waals surface area contributed by atoms with E-state index in [1.807, 2.05) is 19.4 Å². The molecule has 1 saturated heterocycles. The summed E-state index contributed by atoms with van der Waals surface area (Å²) in [5.74, 6) is 1.93. The molecule has 1 aliphatic heterocycles. The highest BCUT2D eigenvalue weighted by molar-refractivity contribution is 6.99. The Labute approximate surface area is 125 Å². The van der Waals surface area contributed by atoms with E-state index in [0.717, 1.165) is 48.8 Å². The summed E-state index contributed by atoms with van der Waals surface area (Å²) in [5.41, 5.74) is 0.867. The summed E-state index contributed by atoms with van der Waals surface area (Å²) in [6, 6.07) is 0. The van der Waals surface area contributed by atoms with E-state index in [1.165, 1.54) is 11.7 Å². The first-order chi connectivity index (χ1) is 10.3. The molecule has 1 aliphatic rings. The van der Waals surface area contributed by atoms with Crippen molar-refractivity contribution in [1.82, 2.24) is 28.5 Å². The molecule has 0 spiro atoms. The van der Waals surface area contributed by atoms with Gasteiger partial charge in [-0.1, -0.05) is 0 Å². The maximum absolute atomic E-state index is 4.45. The number of nitrogens with zero attached hydrogens (tertiary/aromatic N) is 8. The number of hydrogen-bond acceptors (Lipinski definition) is 8. The second kappa shape index (κ2) is 4.92. The van der Waals surface area contributed by atoms with Gasteiger partial charge in [-0.25, -0.2) is 9.97 Å². The highest BCUT2D eigenvalue weighted by Gasteiger charge is 2.22.